The number of carbonyl (C=O) groups is 1. The second-order valence-corrected chi connectivity index (χ2v) is 22.8. The minimum absolute atomic E-state index is 0.0309. The lowest BCUT2D eigenvalue weighted by Crippen LogP contribution is -2.38. The maximum absolute atomic E-state index is 13.4. The molecular weight excluding hydrogens is 1010 g/mol. The van der Waals surface area contributed by atoms with E-state index in [0.717, 1.165) is 217 Å². The molecule has 10 heterocycles. The zero-order valence-electron chi connectivity index (χ0n) is 45.3. The molecule has 17 nitrogen and oxygen atoms in total. The van der Waals surface area contributed by atoms with Crippen LogP contribution in [0.5, 0.6) is 11.5 Å². The molecule has 6 aromatic rings. The highest BCUT2D eigenvalue weighted by Gasteiger charge is 2.33. The maximum atomic E-state index is 13.4. The lowest BCUT2D eigenvalue weighted by molar-refractivity contribution is -0.131. The van der Waals surface area contributed by atoms with E-state index in [1.807, 2.05) is 35.5 Å². The summed E-state index contributed by atoms with van der Waals surface area (Å²) in [5.74, 6) is 2.01. The summed E-state index contributed by atoms with van der Waals surface area (Å²) in [5, 5.41) is 8.95. The van der Waals surface area contributed by atoms with E-state index >= 15 is 0 Å². The molecule has 19 heteroatoms. The van der Waals surface area contributed by atoms with Gasteiger partial charge in [0.2, 0.25) is 5.91 Å². The Hall–Kier alpha value is -5.41. The number of amides is 1. The van der Waals surface area contributed by atoms with Crippen LogP contribution in [0.2, 0.25) is 0 Å². The van der Waals surface area contributed by atoms with Gasteiger partial charge in [-0.1, -0.05) is 12.1 Å². The third-order valence-electron chi connectivity index (χ3n) is 16.4. The summed E-state index contributed by atoms with van der Waals surface area (Å²) in [6.07, 6.45) is 12.3. The molecule has 0 saturated carbocycles. The molecule has 6 fully saturated rings. The predicted molar refractivity (Wildman–Crippen MR) is 310 cm³/mol. The average Bonchev–Trinajstić information content (AvgIpc) is 4.35. The molecule has 6 aliphatic rings. The van der Waals surface area contributed by atoms with Crippen molar-refractivity contribution in [1.82, 2.24) is 39.5 Å². The summed E-state index contributed by atoms with van der Waals surface area (Å²) in [6, 6.07) is 16.8. The van der Waals surface area contributed by atoms with E-state index in [1.54, 1.807) is 36.9 Å². The fraction of sp³-hybridized carbons (Fsp3) is 0.569. The molecule has 2 atom stereocenters. The van der Waals surface area contributed by atoms with Crippen LogP contribution in [0.15, 0.2) is 71.7 Å². The number of likely N-dealkylation sites (tertiary alicyclic amines) is 2. The first-order valence-electron chi connectivity index (χ1n) is 28.4. The molecule has 0 spiro atoms. The molecule has 0 bridgehead atoms. The van der Waals surface area contributed by atoms with Gasteiger partial charge >= 0.3 is 0 Å². The summed E-state index contributed by atoms with van der Waals surface area (Å²) < 4.78 is 22.7. The summed E-state index contributed by atoms with van der Waals surface area (Å²) in [7, 11) is 3.49. The lowest BCUT2D eigenvalue weighted by Gasteiger charge is -2.31. The number of anilines is 4. The second kappa shape index (κ2) is 26.0. The number of benzene rings is 2. The van der Waals surface area contributed by atoms with Crippen LogP contribution in [0.1, 0.15) is 74.8 Å². The van der Waals surface area contributed by atoms with Crippen molar-refractivity contribution in [3.05, 3.63) is 83.1 Å². The maximum Gasteiger partial charge on any atom is 0.224 e. The van der Waals surface area contributed by atoms with E-state index in [1.165, 1.54) is 31.6 Å². The molecule has 2 unspecified atom stereocenters. The number of methoxy groups -OCH3 is 2. The van der Waals surface area contributed by atoms with Crippen molar-refractivity contribution in [2.24, 2.45) is 0 Å². The Morgan fingerprint density at radius 2 is 1.04 bits per heavy atom. The van der Waals surface area contributed by atoms with Gasteiger partial charge in [-0.05, 0) is 94.4 Å². The topological polar surface area (TPSA) is 131 Å². The minimum Gasteiger partial charge on any atom is -0.494 e. The number of carbonyl (C=O) groups excluding carboxylic acids is 1. The van der Waals surface area contributed by atoms with Crippen molar-refractivity contribution < 1.29 is 23.7 Å². The van der Waals surface area contributed by atoms with Crippen molar-refractivity contribution in [3.8, 4) is 11.5 Å². The van der Waals surface area contributed by atoms with E-state index in [4.69, 9.17) is 38.9 Å². The number of pyridine rings is 2. The van der Waals surface area contributed by atoms with Gasteiger partial charge < -0.3 is 48.3 Å². The number of nitrogens with zero attached hydrogens (tertiary/aromatic N) is 12. The number of morpholine rings is 2. The van der Waals surface area contributed by atoms with Gasteiger partial charge in [0.05, 0.1) is 75.2 Å². The van der Waals surface area contributed by atoms with Crippen molar-refractivity contribution in [1.29, 1.82) is 0 Å². The molecule has 0 aliphatic carbocycles. The summed E-state index contributed by atoms with van der Waals surface area (Å²) >= 11 is 3.49. The average molecular weight is 1090 g/mol. The highest BCUT2D eigenvalue weighted by molar-refractivity contribution is 7.14. The van der Waals surface area contributed by atoms with E-state index in [2.05, 4.69) is 75.4 Å². The van der Waals surface area contributed by atoms with Crippen LogP contribution >= 0.6 is 22.7 Å². The number of rotatable bonds is 15. The number of hydrogen-bond donors (Lipinski definition) is 0. The predicted octanol–water partition coefficient (Wildman–Crippen LogP) is 8.08. The van der Waals surface area contributed by atoms with Crippen molar-refractivity contribution in [3.63, 3.8) is 0 Å². The van der Waals surface area contributed by atoms with E-state index in [0.29, 0.717) is 12.5 Å². The first kappa shape index (κ1) is 53.6. The standard InChI is InChI=1S/C29H38N6O3S.C29H40N6O2S/c1-37-25-8-7-22-6-4-9-30-27(22)28(25)34-13-5-12-32(14-15-34)24(20-26(36)33-10-2-3-11-33)23-21-39-29(31-23)35-16-18-38-19-17-35;1-36-26-8-7-23-6-4-10-30-27(23)28(26)34-14-5-13-33(16-17-34)25(9-15-32-11-2-3-12-32)24-22-38-29(31-24)35-18-20-37-21-19-35/h4,6-9,21,24H,2-3,5,10-20H2,1H3;4,6-8,10,22,25H,2-3,5,9,11-21H2,1H3. The SMILES string of the molecule is COc1ccc2cccnc2c1N1CCCN(C(CC(=O)N2CCCC2)c2csc(N3CCOCC3)n2)CC1.COc1ccc2cccnc2c1N1CCCN(C(CCN2CCCC2)c2csc(N3CCOCC3)n2)CC1. The minimum atomic E-state index is -0.0309. The molecule has 0 radical (unpaired) electrons. The Balaban J connectivity index is 0.000000164. The molecule has 77 heavy (non-hydrogen) atoms. The van der Waals surface area contributed by atoms with Crippen molar-refractivity contribution >= 4 is 72.0 Å². The van der Waals surface area contributed by atoms with E-state index in [-0.39, 0.29) is 11.9 Å². The molecule has 1 amide bonds. The van der Waals surface area contributed by atoms with Gasteiger partial charge in [0.15, 0.2) is 10.3 Å². The monoisotopic (exact) mass is 1090 g/mol. The molecule has 412 valence electrons. The number of ether oxygens (including phenoxy) is 4. The molecule has 4 aromatic heterocycles. The molecule has 6 saturated heterocycles. The van der Waals surface area contributed by atoms with Crippen LogP contribution in [0.3, 0.4) is 0 Å². The Bertz CT molecular complexity index is 2850. The summed E-state index contributed by atoms with van der Waals surface area (Å²) in [6.45, 7) is 19.6. The Kier molecular flexibility index (Phi) is 18.1. The van der Waals surface area contributed by atoms with Gasteiger partial charge in [0, 0.05) is 139 Å². The lowest BCUT2D eigenvalue weighted by atomic mass is 10.1. The third kappa shape index (κ3) is 12.7. The van der Waals surface area contributed by atoms with Crippen LogP contribution in [0, 0.1) is 0 Å². The van der Waals surface area contributed by atoms with Crippen molar-refractivity contribution in [2.45, 2.75) is 63.5 Å². The van der Waals surface area contributed by atoms with E-state index < -0.39 is 0 Å². The zero-order valence-corrected chi connectivity index (χ0v) is 46.9. The van der Waals surface area contributed by atoms with E-state index in [9.17, 15) is 4.79 Å². The largest absolute Gasteiger partial charge is 0.494 e. The van der Waals surface area contributed by atoms with Gasteiger partial charge in [-0.3, -0.25) is 24.6 Å². The summed E-state index contributed by atoms with van der Waals surface area (Å²) in [4.78, 5) is 52.6. The highest BCUT2D eigenvalue weighted by atomic mass is 32.1. The number of fused-ring (bicyclic) bond motifs is 2. The van der Waals surface area contributed by atoms with Crippen LogP contribution in [-0.4, -0.2) is 197 Å². The first-order chi connectivity index (χ1) is 38.0. The summed E-state index contributed by atoms with van der Waals surface area (Å²) in [5.41, 5.74) is 6.46. The molecule has 0 N–H and O–H groups in total. The number of hydrogen-bond acceptors (Lipinski definition) is 18. The molecular formula is C58H78N12O5S2. The number of thiazole rings is 2. The van der Waals surface area contributed by atoms with Crippen LogP contribution in [0.4, 0.5) is 21.6 Å². The fourth-order valence-corrected chi connectivity index (χ4v) is 14.1. The van der Waals surface area contributed by atoms with Gasteiger partial charge in [-0.25, -0.2) is 9.97 Å². The first-order valence-corrected chi connectivity index (χ1v) is 30.1. The quantitative estimate of drug-likeness (QED) is 0.0981. The van der Waals surface area contributed by atoms with Crippen LogP contribution < -0.4 is 29.1 Å². The Morgan fingerprint density at radius 1 is 0.545 bits per heavy atom. The second-order valence-electron chi connectivity index (χ2n) is 21.1. The zero-order chi connectivity index (χ0) is 52.3. The molecule has 6 aliphatic heterocycles. The number of aromatic nitrogens is 4. The third-order valence-corrected chi connectivity index (χ3v) is 18.3. The Morgan fingerprint density at radius 3 is 1.56 bits per heavy atom. The van der Waals surface area contributed by atoms with Gasteiger partial charge in [-0.15, -0.1) is 22.7 Å². The highest BCUT2D eigenvalue weighted by Crippen LogP contribution is 2.40. The van der Waals surface area contributed by atoms with Crippen LogP contribution in [0.25, 0.3) is 21.8 Å². The molecule has 2 aromatic carbocycles. The van der Waals surface area contributed by atoms with Crippen LogP contribution in [-0.2, 0) is 14.3 Å². The normalized spacial score (nSPS) is 20.3. The van der Waals surface area contributed by atoms with Gasteiger partial charge in [0.25, 0.3) is 0 Å². The van der Waals surface area contributed by atoms with Gasteiger partial charge in [0.1, 0.15) is 22.9 Å². The van der Waals surface area contributed by atoms with Crippen molar-refractivity contribution in [2.75, 3.05) is 172 Å². The van der Waals surface area contributed by atoms with Gasteiger partial charge in [-0.2, -0.15) is 0 Å². The Labute approximate surface area is 462 Å². The molecule has 12 rings (SSSR count). The smallest absolute Gasteiger partial charge is 0.224 e. The fourth-order valence-electron chi connectivity index (χ4n) is 12.3.